The molecule has 2 aliphatic rings. The molecular weight excluding hydrogens is 406 g/mol. The summed E-state index contributed by atoms with van der Waals surface area (Å²) < 4.78 is 23.4. The van der Waals surface area contributed by atoms with Crippen molar-refractivity contribution in [2.45, 2.75) is 45.7 Å². The van der Waals surface area contributed by atoms with E-state index in [1.165, 1.54) is 0 Å². The van der Waals surface area contributed by atoms with Crippen LogP contribution >= 0.6 is 0 Å². The Balaban J connectivity index is 1.88. The van der Waals surface area contributed by atoms with Crippen molar-refractivity contribution in [3.05, 3.63) is 29.8 Å². The average Bonchev–Trinajstić information content (AvgIpc) is 3.12. The third kappa shape index (κ3) is 4.21. The summed E-state index contributed by atoms with van der Waals surface area (Å²) in [7, 11) is -3.17. The third-order valence-electron chi connectivity index (χ3n) is 5.85. The van der Waals surface area contributed by atoms with Gasteiger partial charge in [0.1, 0.15) is 0 Å². The maximum atomic E-state index is 13.3. The zero-order valence-corrected chi connectivity index (χ0v) is 18.5. The summed E-state index contributed by atoms with van der Waals surface area (Å²) in [6.07, 6.45) is 0.329. The topological polar surface area (TPSA) is 135 Å². The number of ketones is 1. The molecule has 2 fully saturated rings. The number of para-hydroxylation sites is 1. The van der Waals surface area contributed by atoms with E-state index in [1.807, 2.05) is 20.8 Å². The van der Waals surface area contributed by atoms with Crippen LogP contribution in [0, 0.1) is 17.3 Å². The number of nitrogens with one attached hydrogen (secondary N) is 2. The van der Waals surface area contributed by atoms with Gasteiger partial charge in [-0.3, -0.25) is 14.4 Å². The van der Waals surface area contributed by atoms with Crippen LogP contribution in [0.2, 0.25) is 0 Å². The number of Topliss-reactive ketones (excluding diaryl/α,β-unsaturated/α-hetero) is 1. The van der Waals surface area contributed by atoms with Gasteiger partial charge in [-0.05, 0) is 39.3 Å². The lowest BCUT2D eigenvalue weighted by Gasteiger charge is -2.21. The van der Waals surface area contributed by atoms with Crippen molar-refractivity contribution in [3.8, 4) is 0 Å². The highest BCUT2D eigenvalue weighted by molar-refractivity contribution is 7.91. The molecule has 1 saturated carbocycles. The van der Waals surface area contributed by atoms with Crippen LogP contribution in [0.4, 0.5) is 5.69 Å². The first kappa shape index (κ1) is 22.3. The molecule has 1 aromatic rings. The molecule has 0 radical (unpaired) electrons. The van der Waals surface area contributed by atoms with Gasteiger partial charge in [0, 0.05) is 22.8 Å². The van der Waals surface area contributed by atoms with E-state index < -0.39 is 44.6 Å². The first-order valence-electron chi connectivity index (χ1n) is 9.98. The summed E-state index contributed by atoms with van der Waals surface area (Å²) in [6, 6.07) is 6.06. The Morgan fingerprint density at radius 2 is 1.70 bits per heavy atom. The standard InChI is InChI=1S/C21H29N3O5S/c1-20(2,3)24-19(27)16-15(18(26)23-12-9-10-30(28,29)11-12)21(16,4)17(25)13-7-5-6-8-14(13)22/h5-8,12,15-16H,9-11,22H2,1-4H3,(H,23,26)(H,24,27)/t12-,15+,16-,21-/m1/s1. The molecule has 3 rings (SSSR count). The maximum absolute atomic E-state index is 13.3. The number of sulfone groups is 1. The minimum absolute atomic E-state index is 0.0211. The van der Waals surface area contributed by atoms with Crippen LogP contribution in [0.15, 0.2) is 24.3 Å². The van der Waals surface area contributed by atoms with Crippen LogP contribution in [-0.4, -0.2) is 49.1 Å². The van der Waals surface area contributed by atoms with Crippen LogP contribution < -0.4 is 16.4 Å². The van der Waals surface area contributed by atoms with Gasteiger partial charge in [0.25, 0.3) is 0 Å². The van der Waals surface area contributed by atoms with Crippen molar-refractivity contribution < 1.29 is 22.8 Å². The van der Waals surface area contributed by atoms with Gasteiger partial charge in [0.2, 0.25) is 11.8 Å². The van der Waals surface area contributed by atoms with E-state index in [2.05, 4.69) is 10.6 Å². The van der Waals surface area contributed by atoms with Gasteiger partial charge in [0.05, 0.1) is 28.8 Å². The van der Waals surface area contributed by atoms with E-state index in [1.54, 1.807) is 31.2 Å². The molecule has 30 heavy (non-hydrogen) atoms. The van der Waals surface area contributed by atoms with Crippen LogP contribution in [0.1, 0.15) is 44.5 Å². The van der Waals surface area contributed by atoms with E-state index in [0.717, 1.165) is 0 Å². The van der Waals surface area contributed by atoms with Crippen molar-refractivity contribution in [1.82, 2.24) is 10.6 Å². The predicted octanol–water partition coefficient (Wildman–Crippen LogP) is 0.922. The summed E-state index contributed by atoms with van der Waals surface area (Å²) in [5, 5.41) is 5.59. The Morgan fingerprint density at radius 1 is 1.10 bits per heavy atom. The molecule has 9 heteroatoms. The highest BCUT2D eigenvalue weighted by Crippen LogP contribution is 2.61. The van der Waals surface area contributed by atoms with Gasteiger partial charge in [-0.1, -0.05) is 19.1 Å². The number of anilines is 1. The number of rotatable bonds is 5. The van der Waals surface area contributed by atoms with Gasteiger partial charge >= 0.3 is 0 Å². The first-order valence-corrected chi connectivity index (χ1v) is 11.8. The first-order chi connectivity index (χ1) is 13.8. The summed E-state index contributed by atoms with van der Waals surface area (Å²) in [6.45, 7) is 7.06. The summed E-state index contributed by atoms with van der Waals surface area (Å²) in [4.78, 5) is 39.3. The fourth-order valence-corrected chi connectivity index (χ4v) is 5.96. The molecule has 0 bridgehead atoms. The molecule has 4 N–H and O–H groups in total. The molecule has 4 atom stereocenters. The molecule has 1 aromatic carbocycles. The van der Waals surface area contributed by atoms with Gasteiger partial charge in [0.15, 0.2) is 15.6 Å². The number of nitrogens with two attached hydrogens (primary N) is 1. The highest BCUT2D eigenvalue weighted by Gasteiger charge is 2.72. The Hall–Kier alpha value is -2.42. The van der Waals surface area contributed by atoms with Crippen molar-refractivity contribution in [3.63, 3.8) is 0 Å². The predicted molar refractivity (Wildman–Crippen MR) is 113 cm³/mol. The quantitative estimate of drug-likeness (QED) is 0.465. The second-order valence-electron chi connectivity index (χ2n) is 9.50. The number of benzene rings is 1. The number of hydrogen-bond donors (Lipinski definition) is 3. The van der Waals surface area contributed by atoms with E-state index in [0.29, 0.717) is 6.42 Å². The van der Waals surface area contributed by atoms with Crippen LogP contribution in [0.5, 0.6) is 0 Å². The molecule has 164 valence electrons. The minimum atomic E-state index is -3.17. The summed E-state index contributed by atoms with van der Waals surface area (Å²) in [5.74, 6) is -3.08. The molecule has 0 aromatic heterocycles. The van der Waals surface area contributed by atoms with Crippen LogP contribution in [0.25, 0.3) is 0 Å². The lowest BCUT2D eigenvalue weighted by atomic mass is 9.91. The van der Waals surface area contributed by atoms with Crippen LogP contribution in [-0.2, 0) is 19.4 Å². The number of hydrogen-bond acceptors (Lipinski definition) is 6. The molecule has 8 nitrogen and oxygen atoms in total. The van der Waals surface area contributed by atoms with E-state index in [9.17, 15) is 22.8 Å². The lowest BCUT2D eigenvalue weighted by molar-refractivity contribution is -0.128. The zero-order valence-electron chi connectivity index (χ0n) is 17.7. The Morgan fingerprint density at radius 3 is 2.23 bits per heavy atom. The molecule has 1 saturated heterocycles. The SMILES string of the molecule is CC(C)(C)NC(=O)[C@H]1[C@@H](C(=O)N[C@@H]2CCS(=O)(=O)C2)[C@@]1(C)C(=O)c1ccccc1N. The van der Waals surface area contributed by atoms with Crippen molar-refractivity contribution >= 4 is 33.1 Å². The lowest BCUT2D eigenvalue weighted by Crippen LogP contribution is -2.43. The number of nitrogen functional groups attached to an aromatic ring is 1. The molecule has 0 unspecified atom stereocenters. The van der Waals surface area contributed by atoms with Crippen molar-refractivity contribution in [2.24, 2.45) is 17.3 Å². The highest BCUT2D eigenvalue weighted by atomic mass is 32.2. The molecule has 1 aliphatic heterocycles. The zero-order chi connectivity index (χ0) is 22.5. The second kappa shape index (κ2) is 7.37. The molecular formula is C21H29N3O5S. The molecule has 1 heterocycles. The van der Waals surface area contributed by atoms with Crippen molar-refractivity contribution in [2.75, 3.05) is 17.2 Å². The normalized spacial score (nSPS) is 29.8. The Labute approximate surface area is 176 Å². The number of carbonyl (C=O) groups is 3. The fraction of sp³-hybridized carbons (Fsp3) is 0.571. The maximum Gasteiger partial charge on any atom is 0.225 e. The Kier molecular flexibility index (Phi) is 5.47. The van der Waals surface area contributed by atoms with Gasteiger partial charge in [-0.15, -0.1) is 0 Å². The summed E-state index contributed by atoms with van der Waals surface area (Å²) >= 11 is 0. The summed E-state index contributed by atoms with van der Waals surface area (Å²) in [5.41, 5.74) is 4.73. The molecule has 1 aliphatic carbocycles. The van der Waals surface area contributed by atoms with E-state index in [4.69, 9.17) is 5.73 Å². The van der Waals surface area contributed by atoms with Crippen LogP contribution in [0.3, 0.4) is 0 Å². The van der Waals surface area contributed by atoms with Gasteiger partial charge in [-0.25, -0.2) is 8.42 Å². The molecule has 2 amide bonds. The second-order valence-corrected chi connectivity index (χ2v) is 11.7. The molecule has 0 spiro atoms. The van der Waals surface area contributed by atoms with E-state index >= 15 is 0 Å². The number of amides is 2. The Bertz CT molecular complexity index is 998. The largest absolute Gasteiger partial charge is 0.398 e. The van der Waals surface area contributed by atoms with Gasteiger partial charge in [-0.2, -0.15) is 0 Å². The van der Waals surface area contributed by atoms with Gasteiger partial charge < -0.3 is 16.4 Å². The monoisotopic (exact) mass is 435 g/mol. The minimum Gasteiger partial charge on any atom is -0.398 e. The number of carbonyl (C=O) groups excluding carboxylic acids is 3. The third-order valence-corrected chi connectivity index (χ3v) is 7.62. The smallest absolute Gasteiger partial charge is 0.225 e. The average molecular weight is 436 g/mol. The van der Waals surface area contributed by atoms with Crippen molar-refractivity contribution in [1.29, 1.82) is 0 Å². The fourth-order valence-electron chi connectivity index (χ4n) is 4.28. The van der Waals surface area contributed by atoms with E-state index in [-0.39, 0.29) is 34.4 Å².